The van der Waals surface area contributed by atoms with Gasteiger partial charge in [-0.1, -0.05) is 389 Å². The number of phosphoric acid groups is 2. The molecule has 2 unspecified atom stereocenters. The van der Waals surface area contributed by atoms with Gasteiger partial charge in [0.2, 0.25) is 0 Å². The van der Waals surface area contributed by atoms with Gasteiger partial charge in [-0.2, -0.15) is 0 Å². The Morgan fingerprint density at radius 1 is 0.262 bits per heavy atom. The van der Waals surface area contributed by atoms with E-state index in [1.54, 1.807) is 0 Å². The van der Waals surface area contributed by atoms with Crippen molar-refractivity contribution in [2.24, 2.45) is 17.8 Å². The van der Waals surface area contributed by atoms with Gasteiger partial charge in [0.05, 0.1) is 26.4 Å². The number of unbranched alkanes of at least 4 members (excludes halogenated alkanes) is 50. The number of aliphatic hydroxyl groups is 1. The SMILES string of the molecule is CCCCCCCCCCCCCCCC(=O)OC[C@H](COP(=O)(O)OC[C@H](O)COP(=O)(O)OC[C@@H](COC(=O)CCCCCCCCCCCCCCC(C)C)OC(=O)CCCCCCCCCCCCCCCCCCCCC(C)C)OC(=O)CCCCCCCCCCCCCC(C)C. The van der Waals surface area contributed by atoms with E-state index in [2.05, 4.69) is 48.5 Å². The zero-order valence-corrected chi connectivity index (χ0v) is 69.6. The highest BCUT2D eigenvalue weighted by atomic mass is 31.2. The van der Waals surface area contributed by atoms with E-state index in [-0.39, 0.29) is 25.7 Å². The molecule has 0 rings (SSSR count). The van der Waals surface area contributed by atoms with E-state index in [4.69, 9.17) is 37.0 Å². The van der Waals surface area contributed by atoms with E-state index in [1.165, 1.54) is 250 Å². The molecular weight excluding hydrogens is 1340 g/mol. The van der Waals surface area contributed by atoms with Crippen molar-refractivity contribution in [2.45, 2.75) is 458 Å². The summed E-state index contributed by atoms with van der Waals surface area (Å²) in [6, 6.07) is 0. The fourth-order valence-corrected chi connectivity index (χ4v) is 14.6. The van der Waals surface area contributed by atoms with Crippen molar-refractivity contribution in [1.82, 2.24) is 0 Å². The molecule has 3 N–H and O–H groups in total. The van der Waals surface area contributed by atoms with Gasteiger partial charge in [-0.3, -0.25) is 37.3 Å². The van der Waals surface area contributed by atoms with E-state index in [0.717, 1.165) is 108 Å². The number of esters is 4. The molecule has 0 heterocycles. The molecule has 0 fully saturated rings. The summed E-state index contributed by atoms with van der Waals surface area (Å²) in [5, 5.41) is 10.7. The lowest BCUT2D eigenvalue weighted by Gasteiger charge is -2.21. The Hall–Kier alpha value is -1.94. The molecular formula is C84H164O17P2. The van der Waals surface area contributed by atoms with Gasteiger partial charge in [0, 0.05) is 25.7 Å². The summed E-state index contributed by atoms with van der Waals surface area (Å²) in [6.07, 6.45) is 63.7. The maximum atomic E-state index is 13.1. The molecule has 17 nitrogen and oxygen atoms in total. The third-order valence-corrected chi connectivity index (χ3v) is 21.5. The first-order valence-electron chi connectivity index (χ1n) is 43.3. The van der Waals surface area contributed by atoms with Crippen molar-refractivity contribution in [3.8, 4) is 0 Å². The molecule has 0 aliphatic carbocycles. The average molecular weight is 1510 g/mol. The highest BCUT2D eigenvalue weighted by Crippen LogP contribution is 2.45. The minimum atomic E-state index is -4.96. The Kier molecular flexibility index (Phi) is 72.8. The number of rotatable bonds is 82. The normalized spacial score (nSPS) is 13.9. The predicted octanol–water partition coefficient (Wildman–Crippen LogP) is 25.3. The largest absolute Gasteiger partial charge is 0.472 e. The second kappa shape index (κ2) is 74.2. The maximum absolute atomic E-state index is 13.1. The molecule has 0 radical (unpaired) electrons. The molecule has 0 saturated carbocycles. The van der Waals surface area contributed by atoms with Crippen LogP contribution in [-0.2, 0) is 65.4 Å². The third kappa shape index (κ3) is 78.0. The van der Waals surface area contributed by atoms with Crippen LogP contribution in [0, 0.1) is 17.8 Å². The first kappa shape index (κ1) is 101. The fourth-order valence-electron chi connectivity index (χ4n) is 13.0. The van der Waals surface area contributed by atoms with Crippen LogP contribution in [0.2, 0.25) is 0 Å². The van der Waals surface area contributed by atoms with Crippen molar-refractivity contribution >= 4 is 39.5 Å². The fraction of sp³-hybridized carbons (Fsp3) is 0.952. The van der Waals surface area contributed by atoms with Gasteiger partial charge in [-0.05, 0) is 43.4 Å². The number of phosphoric ester groups is 2. The Bertz CT molecular complexity index is 1990. The monoisotopic (exact) mass is 1510 g/mol. The predicted molar refractivity (Wildman–Crippen MR) is 423 cm³/mol. The summed E-state index contributed by atoms with van der Waals surface area (Å²) >= 11 is 0. The van der Waals surface area contributed by atoms with E-state index in [9.17, 15) is 43.2 Å². The molecule has 103 heavy (non-hydrogen) atoms. The lowest BCUT2D eigenvalue weighted by atomic mass is 10.0. The van der Waals surface area contributed by atoms with Crippen LogP contribution in [0.5, 0.6) is 0 Å². The number of carbonyl (C=O) groups is 4. The molecule has 0 aromatic carbocycles. The Morgan fingerprint density at radius 3 is 0.660 bits per heavy atom. The van der Waals surface area contributed by atoms with Crippen LogP contribution >= 0.6 is 15.6 Å². The van der Waals surface area contributed by atoms with Crippen molar-refractivity contribution in [1.29, 1.82) is 0 Å². The van der Waals surface area contributed by atoms with Crippen LogP contribution in [0.1, 0.15) is 440 Å². The lowest BCUT2D eigenvalue weighted by molar-refractivity contribution is -0.161. The Morgan fingerprint density at radius 2 is 0.447 bits per heavy atom. The van der Waals surface area contributed by atoms with Gasteiger partial charge in [0.25, 0.3) is 0 Å². The summed E-state index contributed by atoms with van der Waals surface area (Å²) < 4.78 is 68.9. The molecule has 0 aromatic heterocycles. The smallest absolute Gasteiger partial charge is 0.462 e. The first-order valence-corrected chi connectivity index (χ1v) is 46.3. The summed E-state index contributed by atoms with van der Waals surface area (Å²) in [7, 11) is -9.93. The second-order valence-electron chi connectivity index (χ2n) is 31.6. The molecule has 0 aliphatic rings. The molecule has 0 aliphatic heterocycles. The molecule has 612 valence electrons. The first-order chi connectivity index (χ1) is 49.7. The van der Waals surface area contributed by atoms with E-state index >= 15 is 0 Å². The average Bonchev–Trinajstić information content (AvgIpc) is 0.909. The topological polar surface area (TPSA) is 237 Å². The summed E-state index contributed by atoms with van der Waals surface area (Å²) in [5.41, 5.74) is 0. The molecule has 19 heteroatoms. The number of hydrogen-bond acceptors (Lipinski definition) is 15. The standard InChI is InChI=1S/C84H164O17P2/c1-8-9-10-11-12-13-14-21-30-37-44-51-58-65-81(86)94-72-80(101-84(89)68-61-54-47-40-33-26-29-36-43-50-57-64-77(6)7)74-99-103(92,93)97-70-78(85)69-96-102(90,91)98-73-79(71-95-82(87)66-59-52-45-38-31-25-24-28-35-42-49-56-63-76(4)5)100-83(88)67-60-53-46-39-32-23-20-18-16-15-17-19-22-27-34-41-48-55-62-75(2)3/h75-80,85H,8-74H2,1-7H3,(H,90,91)(H,92,93)/t78-,79-,80-/m1/s1. The molecule has 0 bridgehead atoms. The highest BCUT2D eigenvalue weighted by Gasteiger charge is 2.30. The van der Waals surface area contributed by atoms with Crippen LogP contribution in [0.3, 0.4) is 0 Å². The van der Waals surface area contributed by atoms with Gasteiger partial charge < -0.3 is 33.8 Å². The number of ether oxygens (including phenoxy) is 4. The van der Waals surface area contributed by atoms with Gasteiger partial charge in [-0.25, -0.2) is 9.13 Å². The lowest BCUT2D eigenvalue weighted by Crippen LogP contribution is -2.30. The van der Waals surface area contributed by atoms with Gasteiger partial charge >= 0.3 is 39.5 Å². The van der Waals surface area contributed by atoms with E-state index < -0.39 is 97.5 Å². The second-order valence-corrected chi connectivity index (χ2v) is 34.6. The van der Waals surface area contributed by atoms with Crippen LogP contribution in [0.4, 0.5) is 0 Å². The number of aliphatic hydroxyl groups excluding tert-OH is 1. The maximum Gasteiger partial charge on any atom is 0.472 e. The summed E-state index contributed by atoms with van der Waals surface area (Å²) in [4.78, 5) is 73.2. The zero-order chi connectivity index (χ0) is 75.8. The van der Waals surface area contributed by atoms with Gasteiger partial charge in [-0.15, -0.1) is 0 Å². The molecule has 0 saturated heterocycles. The number of hydrogen-bond donors (Lipinski definition) is 3. The summed E-state index contributed by atoms with van der Waals surface area (Å²) in [5.74, 6) is 0.262. The van der Waals surface area contributed by atoms with Crippen molar-refractivity contribution < 1.29 is 80.2 Å². The highest BCUT2D eigenvalue weighted by molar-refractivity contribution is 7.47. The van der Waals surface area contributed by atoms with Crippen LogP contribution < -0.4 is 0 Å². The van der Waals surface area contributed by atoms with Crippen LogP contribution in [0.25, 0.3) is 0 Å². The van der Waals surface area contributed by atoms with Gasteiger partial charge in [0.1, 0.15) is 19.3 Å². The molecule has 5 atom stereocenters. The molecule has 0 aromatic rings. The minimum absolute atomic E-state index is 0.107. The Balaban J connectivity index is 5.25. The quantitative estimate of drug-likeness (QED) is 0.0222. The van der Waals surface area contributed by atoms with Gasteiger partial charge in [0.15, 0.2) is 12.2 Å². The minimum Gasteiger partial charge on any atom is -0.462 e. The zero-order valence-electron chi connectivity index (χ0n) is 67.8. The van der Waals surface area contributed by atoms with Crippen LogP contribution in [0.15, 0.2) is 0 Å². The third-order valence-electron chi connectivity index (χ3n) is 19.6. The van der Waals surface area contributed by atoms with Crippen LogP contribution in [-0.4, -0.2) is 96.7 Å². The van der Waals surface area contributed by atoms with Crippen molar-refractivity contribution in [3.05, 3.63) is 0 Å². The molecule has 0 amide bonds. The van der Waals surface area contributed by atoms with Crippen molar-refractivity contribution in [3.63, 3.8) is 0 Å². The summed E-state index contributed by atoms with van der Waals surface area (Å²) in [6.45, 7) is 12.0. The molecule has 0 spiro atoms. The van der Waals surface area contributed by atoms with E-state index in [1.807, 2.05) is 0 Å². The van der Waals surface area contributed by atoms with Crippen molar-refractivity contribution in [2.75, 3.05) is 39.6 Å². The Labute approximate surface area is 632 Å². The number of carbonyl (C=O) groups excluding carboxylic acids is 4. The van der Waals surface area contributed by atoms with E-state index in [0.29, 0.717) is 25.7 Å².